The van der Waals surface area contributed by atoms with Gasteiger partial charge in [0, 0.05) is 7.05 Å². The quantitative estimate of drug-likeness (QED) is 0.256. The number of H-pyrrole nitrogens is 1. The highest BCUT2D eigenvalue weighted by Crippen LogP contribution is 2.26. The molecule has 4 atom stereocenters. The first-order chi connectivity index (χ1) is 17.1. The lowest BCUT2D eigenvalue weighted by atomic mass is 9.84. The average Bonchev–Trinajstić information content (AvgIpc) is 2.82. The van der Waals surface area contributed by atoms with Crippen molar-refractivity contribution in [2.75, 3.05) is 7.05 Å². The lowest BCUT2D eigenvalue weighted by molar-refractivity contribution is -0.134. The van der Waals surface area contributed by atoms with Crippen LogP contribution in [0.4, 0.5) is 0 Å². The maximum Gasteiger partial charge on any atom is 0.258 e. The summed E-state index contributed by atoms with van der Waals surface area (Å²) in [6, 6.07) is 1.25. The van der Waals surface area contributed by atoms with Crippen LogP contribution in [0.2, 0.25) is 0 Å². The molecule has 0 saturated heterocycles. The number of sulfonamides is 1. The Kier molecular flexibility index (Phi) is 9.63. The Labute approximate surface area is 214 Å². The van der Waals surface area contributed by atoms with E-state index in [2.05, 4.69) is 30.5 Å². The number of nitroso groups, excluding NO2 is 1. The number of nitrogens with one attached hydrogen (secondary N) is 4. The second-order valence-corrected chi connectivity index (χ2v) is 11.9. The van der Waals surface area contributed by atoms with Crippen LogP contribution in [0.25, 0.3) is 10.9 Å². The van der Waals surface area contributed by atoms with E-state index in [9.17, 15) is 32.8 Å². The maximum atomic E-state index is 13.5. The van der Waals surface area contributed by atoms with Crippen LogP contribution >= 0.6 is 0 Å². The number of nitrogens with zero attached hydrogens (tertiary/aromatic N) is 2. The van der Waals surface area contributed by atoms with Crippen LogP contribution in [0.1, 0.15) is 41.0 Å². The first-order valence-corrected chi connectivity index (χ1v) is 13.1. The summed E-state index contributed by atoms with van der Waals surface area (Å²) in [5, 5.41) is 18.1. The second kappa shape index (κ2) is 11.9. The summed E-state index contributed by atoms with van der Waals surface area (Å²) in [7, 11) is -3.12. The smallest absolute Gasteiger partial charge is 0.258 e. The first-order valence-electron chi connectivity index (χ1n) is 11.6. The number of rotatable bonds is 11. The summed E-state index contributed by atoms with van der Waals surface area (Å²) in [4.78, 5) is 55.4. The molecule has 0 aliphatic rings. The summed E-state index contributed by atoms with van der Waals surface area (Å²) < 4.78 is 29.1. The molecule has 0 fully saturated rings. The fourth-order valence-corrected chi connectivity index (χ4v) is 5.39. The average molecular weight is 539 g/mol. The predicted octanol–water partition coefficient (Wildman–Crippen LogP) is 0.594. The predicted molar refractivity (Wildman–Crippen MR) is 137 cm³/mol. The zero-order chi connectivity index (χ0) is 28.1. The Morgan fingerprint density at radius 1 is 1.19 bits per heavy atom. The highest BCUT2D eigenvalue weighted by molar-refractivity contribution is 7.89. The molecule has 0 aliphatic carbocycles. The van der Waals surface area contributed by atoms with Crippen LogP contribution in [0.5, 0.6) is 0 Å². The van der Waals surface area contributed by atoms with Gasteiger partial charge in [0.25, 0.3) is 5.56 Å². The Bertz CT molecular complexity index is 1300. The van der Waals surface area contributed by atoms with Gasteiger partial charge in [-0.15, -0.1) is 4.91 Å². The van der Waals surface area contributed by atoms with Crippen molar-refractivity contribution >= 4 is 32.7 Å². The van der Waals surface area contributed by atoms with Gasteiger partial charge in [0.1, 0.15) is 10.9 Å². The van der Waals surface area contributed by atoms with Crippen LogP contribution in [-0.2, 0) is 19.6 Å². The van der Waals surface area contributed by atoms with E-state index in [0.29, 0.717) is 0 Å². The molecule has 5 N–H and O–H groups in total. The second-order valence-electron chi connectivity index (χ2n) is 10.2. The zero-order valence-corrected chi connectivity index (χ0v) is 22.4. The van der Waals surface area contributed by atoms with Gasteiger partial charge in [-0.1, -0.05) is 40.7 Å². The molecule has 3 unspecified atom stereocenters. The SMILES string of the molecule is CNC(=O)C(NC(=O)[C@H](CC(C)C)C(NS(=O)(=O)c1cccc2c(=O)[nH]cnc12)C(O)N=O)C(C)(C)C. The van der Waals surface area contributed by atoms with E-state index in [1.807, 2.05) is 0 Å². The normalized spacial score (nSPS) is 15.6. The number of carbonyl (C=O) groups excluding carboxylic acids is 2. The highest BCUT2D eigenvalue weighted by atomic mass is 32.2. The number of fused-ring (bicyclic) bond motifs is 1. The lowest BCUT2D eigenvalue weighted by Crippen LogP contribution is -2.58. The fraction of sp³-hybridized carbons (Fsp3) is 0.565. The number of likely N-dealkylation sites (N-methyl/N-ethyl adjacent to an activating group) is 1. The van der Waals surface area contributed by atoms with E-state index in [-0.39, 0.29) is 28.1 Å². The van der Waals surface area contributed by atoms with E-state index >= 15 is 0 Å². The molecule has 14 heteroatoms. The van der Waals surface area contributed by atoms with Gasteiger partial charge < -0.3 is 20.7 Å². The van der Waals surface area contributed by atoms with Crippen molar-refractivity contribution < 1.29 is 23.1 Å². The number of aliphatic hydroxyl groups is 1. The Balaban J connectivity index is 2.56. The summed E-state index contributed by atoms with van der Waals surface area (Å²) in [6.45, 7) is 8.76. The van der Waals surface area contributed by atoms with Crippen LogP contribution in [0.15, 0.2) is 39.4 Å². The van der Waals surface area contributed by atoms with Crippen molar-refractivity contribution in [2.24, 2.45) is 22.4 Å². The first kappa shape index (κ1) is 30.0. The van der Waals surface area contributed by atoms with Gasteiger partial charge in [-0.2, -0.15) is 0 Å². The molecule has 0 spiro atoms. The largest absolute Gasteiger partial charge is 0.368 e. The summed E-state index contributed by atoms with van der Waals surface area (Å²) in [5.74, 6) is -2.68. The Morgan fingerprint density at radius 3 is 2.38 bits per heavy atom. The molecule has 2 rings (SSSR count). The Morgan fingerprint density at radius 2 is 1.84 bits per heavy atom. The monoisotopic (exact) mass is 538 g/mol. The number of para-hydroxylation sites is 1. The van der Waals surface area contributed by atoms with Crippen LogP contribution in [-0.4, -0.2) is 60.7 Å². The van der Waals surface area contributed by atoms with Crippen molar-refractivity contribution in [3.05, 3.63) is 39.8 Å². The highest BCUT2D eigenvalue weighted by Gasteiger charge is 2.41. The summed E-state index contributed by atoms with van der Waals surface area (Å²) >= 11 is 0. The van der Waals surface area contributed by atoms with Crippen molar-refractivity contribution in [1.29, 1.82) is 0 Å². The molecule has 1 aromatic heterocycles. The number of aliphatic hydroxyl groups excluding tert-OH is 1. The molecule has 0 radical (unpaired) electrons. The van der Waals surface area contributed by atoms with Gasteiger partial charge in [-0.25, -0.2) is 18.1 Å². The number of aromatic amines is 1. The maximum absolute atomic E-state index is 13.5. The summed E-state index contributed by atoms with van der Waals surface area (Å²) in [5.41, 5.74) is -1.41. The zero-order valence-electron chi connectivity index (χ0n) is 21.6. The molecule has 13 nitrogen and oxygen atoms in total. The number of carbonyl (C=O) groups is 2. The number of benzene rings is 1. The molecular formula is C23H34N6O7S. The molecule has 2 aromatic rings. The molecule has 0 saturated carbocycles. The summed E-state index contributed by atoms with van der Waals surface area (Å²) in [6.07, 6.45) is -1.05. The molecular weight excluding hydrogens is 504 g/mol. The van der Waals surface area contributed by atoms with Gasteiger partial charge in [-0.05, 0) is 35.1 Å². The molecule has 0 bridgehead atoms. The van der Waals surface area contributed by atoms with Crippen molar-refractivity contribution in [1.82, 2.24) is 25.3 Å². The molecule has 204 valence electrons. The number of amides is 2. The minimum atomic E-state index is -4.53. The van der Waals surface area contributed by atoms with E-state index in [4.69, 9.17) is 0 Å². The third-order valence-electron chi connectivity index (χ3n) is 5.80. The van der Waals surface area contributed by atoms with Crippen molar-refractivity contribution in [2.45, 2.75) is 64.2 Å². The Hall–Kier alpha value is -3.23. The third kappa shape index (κ3) is 7.17. The van der Waals surface area contributed by atoms with E-state index < -0.39 is 57.0 Å². The third-order valence-corrected chi connectivity index (χ3v) is 7.29. The van der Waals surface area contributed by atoms with Crippen LogP contribution in [0.3, 0.4) is 0 Å². The molecule has 1 heterocycles. The van der Waals surface area contributed by atoms with Crippen molar-refractivity contribution in [3.8, 4) is 0 Å². The van der Waals surface area contributed by atoms with Crippen molar-refractivity contribution in [3.63, 3.8) is 0 Å². The number of aromatic nitrogens is 2. The number of hydrogen-bond donors (Lipinski definition) is 5. The minimum Gasteiger partial charge on any atom is -0.368 e. The van der Waals surface area contributed by atoms with Crippen LogP contribution in [0, 0.1) is 22.2 Å². The van der Waals surface area contributed by atoms with Crippen LogP contribution < -0.4 is 20.9 Å². The van der Waals surface area contributed by atoms with E-state index in [1.165, 1.54) is 25.2 Å². The molecule has 1 aromatic carbocycles. The van der Waals surface area contributed by atoms with E-state index in [1.54, 1.807) is 34.6 Å². The standard InChI is InChI=1S/C23H34N6O7S/c1-12(2)10-14(20(31)27-18(22(33)24-6)23(3,4)5)17(21(32)28-34)29-37(35,36)15-9-7-8-13-16(15)25-11-26-19(13)30/h7-9,11-12,14,17-18,21,29,32H,10H2,1-6H3,(H,24,33)(H,27,31)(H,25,26,30)/t14-,17?,18?,21?/m1/s1. The number of hydrogen-bond acceptors (Lipinski definition) is 9. The molecule has 37 heavy (non-hydrogen) atoms. The van der Waals surface area contributed by atoms with Gasteiger partial charge >= 0.3 is 0 Å². The van der Waals surface area contributed by atoms with Gasteiger partial charge in [0.05, 0.1) is 29.2 Å². The van der Waals surface area contributed by atoms with Gasteiger partial charge in [0.15, 0.2) is 0 Å². The topological polar surface area (TPSA) is 200 Å². The molecule has 0 aliphatic heterocycles. The fourth-order valence-electron chi connectivity index (χ4n) is 3.94. The van der Waals surface area contributed by atoms with Gasteiger partial charge in [0.2, 0.25) is 28.1 Å². The minimum absolute atomic E-state index is 0.00561. The lowest BCUT2D eigenvalue weighted by Gasteiger charge is -2.34. The van der Waals surface area contributed by atoms with Gasteiger partial charge in [-0.3, -0.25) is 14.4 Å². The van der Waals surface area contributed by atoms with E-state index in [0.717, 1.165) is 6.33 Å². The molecule has 2 amide bonds.